The van der Waals surface area contributed by atoms with E-state index in [0.29, 0.717) is 22.7 Å². The molecule has 4 nitrogen and oxygen atoms in total. The molecular weight excluding hydrogens is 312 g/mol. The van der Waals surface area contributed by atoms with Gasteiger partial charge in [0.15, 0.2) is 0 Å². The number of halogens is 1. The van der Waals surface area contributed by atoms with Crippen LogP contribution in [0.2, 0.25) is 5.02 Å². The summed E-state index contributed by atoms with van der Waals surface area (Å²) >= 11 is 5.88. The molecule has 2 aromatic carbocycles. The van der Waals surface area contributed by atoms with Crippen molar-refractivity contribution in [3.05, 3.63) is 64.2 Å². The first-order valence-electron chi connectivity index (χ1n) is 7.52. The minimum Gasteiger partial charge on any atom is -0.355 e. The molecule has 3 rings (SSSR count). The first-order valence-corrected chi connectivity index (χ1v) is 7.90. The summed E-state index contributed by atoms with van der Waals surface area (Å²) in [5, 5.41) is 3.23. The van der Waals surface area contributed by atoms with Crippen LogP contribution in [0.5, 0.6) is 0 Å². The quantitative estimate of drug-likeness (QED) is 0.919. The summed E-state index contributed by atoms with van der Waals surface area (Å²) in [5.74, 6) is -0.163. The van der Waals surface area contributed by atoms with Crippen LogP contribution in [0.15, 0.2) is 42.5 Å². The molecular formula is C18H17ClN2O2. The molecule has 0 saturated heterocycles. The van der Waals surface area contributed by atoms with Crippen LogP contribution < -0.4 is 10.2 Å². The molecule has 0 aromatic heterocycles. The summed E-state index contributed by atoms with van der Waals surface area (Å²) < 4.78 is 0. The van der Waals surface area contributed by atoms with Gasteiger partial charge in [0.2, 0.25) is 0 Å². The number of amides is 2. The maximum absolute atomic E-state index is 12.8. The van der Waals surface area contributed by atoms with E-state index < -0.39 is 0 Å². The highest BCUT2D eigenvalue weighted by Crippen LogP contribution is 2.29. The number of carbonyl (C=O) groups excluding carboxylic acids is 2. The van der Waals surface area contributed by atoms with E-state index in [1.807, 2.05) is 12.1 Å². The fourth-order valence-corrected chi connectivity index (χ4v) is 2.97. The molecule has 0 fully saturated rings. The van der Waals surface area contributed by atoms with E-state index in [9.17, 15) is 9.59 Å². The van der Waals surface area contributed by atoms with Crippen LogP contribution >= 0.6 is 11.6 Å². The highest BCUT2D eigenvalue weighted by molar-refractivity contribution is 6.30. The van der Waals surface area contributed by atoms with Crippen molar-refractivity contribution in [2.24, 2.45) is 0 Å². The van der Waals surface area contributed by atoms with Gasteiger partial charge in [0.1, 0.15) is 0 Å². The lowest BCUT2D eigenvalue weighted by atomic mass is 9.98. The van der Waals surface area contributed by atoms with Gasteiger partial charge in [0.25, 0.3) is 11.8 Å². The van der Waals surface area contributed by atoms with E-state index in [1.165, 1.54) is 0 Å². The molecule has 1 N–H and O–H groups in total. The fourth-order valence-electron chi connectivity index (χ4n) is 2.84. The average molecular weight is 329 g/mol. The Balaban J connectivity index is 1.93. The van der Waals surface area contributed by atoms with Crippen LogP contribution in [-0.4, -0.2) is 25.4 Å². The van der Waals surface area contributed by atoms with Crippen molar-refractivity contribution in [1.29, 1.82) is 0 Å². The van der Waals surface area contributed by atoms with Crippen molar-refractivity contribution in [3.8, 4) is 0 Å². The van der Waals surface area contributed by atoms with Crippen molar-refractivity contribution >= 4 is 29.1 Å². The van der Waals surface area contributed by atoms with Crippen LogP contribution in [-0.2, 0) is 6.42 Å². The minimum absolute atomic E-state index is 0.0460. The van der Waals surface area contributed by atoms with E-state index in [0.717, 1.165) is 24.1 Å². The first-order chi connectivity index (χ1) is 11.1. The Hall–Kier alpha value is -2.33. The molecule has 0 atom stereocenters. The van der Waals surface area contributed by atoms with Gasteiger partial charge in [0.05, 0.1) is 0 Å². The molecule has 0 aliphatic carbocycles. The summed E-state index contributed by atoms with van der Waals surface area (Å²) in [6.07, 6.45) is 1.74. The zero-order valence-corrected chi connectivity index (χ0v) is 13.6. The van der Waals surface area contributed by atoms with E-state index in [2.05, 4.69) is 5.32 Å². The molecule has 1 aliphatic heterocycles. The molecule has 23 heavy (non-hydrogen) atoms. The summed E-state index contributed by atoms with van der Waals surface area (Å²) in [4.78, 5) is 26.3. The SMILES string of the molecule is CNC(=O)c1ccc2c(c1)CCCN2C(=O)c1ccc(Cl)cc1. The lowest BCUT2D eigenvalue weighted by Crippen LogP contribution is -2.35. The summed E-state index contributed by atoms with van der Waals surface area (Å²) in [5.41, 5.74) is 3.13. The third-order valence-electron chi connectivity index (χ3n) is 4.02. The van der Waals surface area contributed by atoms with Crippen LogP contribution in [0, 0.1) is 0 Å². The second-order valence-electron chi connectivity index (χ2n) is 5.49. The molecule has 2 amide bonds. The van der Waals surface area contributed by atoms with Crippen molar-refractivity contribution in [1.82, 2.24) is 5.32 Å². The minimum atomic E-state index is -0.117. The second-order valence-corrected chi connectivity index (χ2v) is 5.93. The van der Waals surface area contributed by atoms with Gasteiger partial charge in [-0.25, -0.2) is 0 Å². The molecule has 0 bridgehead atoms. The molecule has 0 unspecified atom stereocenters. The number of nitrogens with one attached hydrogen (secondary N) is 1. The number of nitrogens with zero attached hydrogens (tertiary/aromatic N) is 1. The molecule has 1 aliphatic rings. The number of hydrogen-bond acceptors (Lipinski definition) is 2. The topological polar surface area (TPSA) is 49.4 Å². The van der Waals surface area contributed by atoms with Gasteiger partial charge in [-0.05, 0) is 60.9 Å². The third kappa shape index (κ3) is 3.08. The summed E-state index contributed by atoms with van der Waals surface area (Å²) in [6, 6.07) is 12.4. The van der Waals surface area contributed by atoms with E-state index >= 15 is 0 Å². The Morgan fingerprint density at radius 3 is 2.48 bits per heavy atom. The maximum Gasteiger partial charge on any atom is 0.258 e. The number of fused-ring (bicyclic) bond motifs is 1. The lowest BCUT2D eigenvalue weighted by Gasteiger charge is -2.30. The molecule has 0 radical (unpaired) electrons. The molecule has 5 heteroatoms. The van der Waals surface area contributed by atoms with Gasteiger partial charge in [-0.1, -0.05) is 11.6 Å². The molecule has 0 spiro atoms. The monoisotopic (exact) mass is 328 g/mol. The first kappa shape index (κ1) is 15.6. The van der Waals surface area contributed by atoms with Gasteiger partial charge in [-0.2, -0.15) is 0 Å². The van der Waals surface area contributed by atoms with E-state index in [1.54, 1.807) is 42.3 Å². The largest absolute Gasteiger partial charge is 0.355 e. The predicted molar refractivity (Wildman–Crippen MR) is 91.3 cm³/mol. The van der Waals surface area contributed by atoms with E-state index in [-0.39, 0.29) is 11.8 Å². The number of anilines is 1. The smallest absolute Gasteiger partial charge is 0.258 e. The average Bonchev–Trinajstić information content (AvgIpc) is 2.60. The predicted octanol–water partition coefficient (Wildman–Crippen LogP) is 3.29. The standard InChI is InChI=1S/C18H17ClN2O2/c1-20-17(22)14-6-9-16-13(11-14)3-2-10-21(16)18(23)12-4-7-15(19)8-5-12/h4-9,11H,2-3,10H2,1H3,(H,20,22). The highest BCUT2D eigenvalue weighted by Gasteiger charge is 2.24. The maximum atomic E-state index is 12.8. The van der Waals surface area contributed by atoms with Crippen LogP contribution in [0.4, 0.5) is 5.69 Å². The van der Waals surface area contributed by atoms with Gasteiger partial charge < -0.3 is 10.2 Å². The second kappa shape index (κ2) is 6.42. The number of aryl methyl sites for hydroxylation is 1. The zero-order valence-electron chi connectivity index (χ0n) is 12.8. The summed E-state index contributed by atoms with van der Waals surface area (Å²) in [7, 11) is 1.61. The number of benzene rings is 2. The van der Waals surface area contributed by atoms with Crippen molar-refractivity contribution in [2.45, 2.75) is 12.8 Å². The molecule has 118 valence electrons. The van der Waals surface area contributed by atoms with Gasteiger partial charge in [-0.15, -0.1) is 0 Å². The number of rotatable bonds is 2. The lowest BCUT2D eigenvalue weighted by molar-refractivity contribution is 0.0961. The van der Waals surface area contributed by atoms with Crippen LogP contribution in [0.25, 0.3) is 0 Å². The normalized spacial score (nSPS) is 13.4. The van der Waals surface area contributed by atoms with Crippen LogP contribution in [0.1, 0.15) is 32.7 Å². The Kier molecular flexibility index (Phi) is 4.35. The fraction of sp³-hybridized carbons (Fsp3) is 0.222. The Morgan fingerprint density at radius 1 is 1.09 bits per heavy atom. The third-order valence-corrected chi connectivity index (χ3v) is 4.28. The summed E-state index contributed by atoms with van der Waals surface area (Å²) in [6.45, 7) is 0.674. The van der Waals surface area contributed by atoms with Gasteiger partial charge in [0, 0.05) is 35.4 Å². The molecule has 1 heterocycles. The van der Waals surface area contributed by atoms with Crippen molar-refractivity contribution in [3.63, 3.8) is 0 Å². The highest BCUT2D eigenvalue weighted by atomic mass is 35.5. The molecule has 2 aromatic rings. The number of carbonyl (C=O) groups is 2. The van der Waals surface area contributed by atoms with Crippen LogP contribution in [0.3, 0.4) is 0 Å². The Bertz CT molecular complexity index is 756. The Morgan fingerprint density at radius 2 is 1.78 bits per heavy atom. The Labute approximate surface area is 140 Å². The van der Waals surface area contributed by atoms with Gasteiger partial charge >= 0.3 is 0 Å². The number of hydrogen-bond donors (Lipinski definition) is 1. The van der Waals surface area contributed by atoms with Gasteiger partial charge in [-0.3, -0.25) is 9.59 Å². The van der Waals surface area contributed by atoms with E-state index in [4.69, 9.17) is 11.6 Å². The zero-order chi connectivity index (χ0) is 16.4. The van der Waals surface area contributed by atoms with Crippen molar-refractivity contribution in [2.75, 3.05) is 18.5 Å². The van der Waals surface area contributed by atoms with Crippen molar-refractivity contribution < 1.29 is 9.59 Å². The molecule has 0 saturated carbocycles.